The normalized spacial score (nSPS) is 10.2. The highest BCUT2D eigenvalue weighted by atomic mass is 35.5. The van der Waals surface area contributed by atoms with E-state index in [0.29, 0.717) is 12.0 Å². The Hall–Kier alpha value is -1.67. The monoisotopic (exact) mass is 248 g/mol. The van der Waals surface area contributed by atoms with E-state index in [1.165, 1.54) is 6.07 Å². The van der Waals surface area contributed by atoms with E-state index in [1.54, 1.807) is 24.3 Å². The van der Waals surface area contributed by atoms with Gasteiger partial charge in [0.15, 0.2) is 0 Å². The number of halogens is 2. The molecule has 0 saturated heterocycles. The molecule has 0 amide bonds. The maximum absolute atomic E-state index is 13.2. The van der Waals surface area contributed by atoms with Gasteiger partial charge in [-0.3, -0.25) is 4.79 Å². The Bertz CT molecular complexity index is 534. The Morgan fingerprint density at radius 3 is 2.47 bits per heavy atom. The number of benzene rings is 2. The van der Waals surface area contributed by atoms with Gasteiger partial charge in [0.25, 0.3) is 0 Å². The quantitative estimate of drug-likeness (QED) is 0.754. The van der Waals surface area contributed by atoms with Gasteiger partial charge in [-0.15, -0.1) is 0 Å². The summed E-state index contributed by atoms with van der Waals surface area (Å²) >= 11 is 5.87. The van der Waals surface area contributed by atoms with E-state index < -0.39 is 5.82 Å². The fourth-order valence-corrected chi connectivity index (χ4v) is 1.81. The number of carbonyl (C=O) groups excluding carboxylic acids is 1. The summed E-state index contributed by atoms with van der Waals surface area (Å²) in [6.07, 6.45) is 1.34. The fraction of sp³-hybridized carbons (Fsp3) is 0.0714. The van der Waals surface area contributed by atoms with Gasteiger partial charge in [0.05, 0.1) is 5.02 Å². The molecule has 0 aliphatic rings. The second kappa shape index (κ2) is 5.11. The van der Waals surface area contributed by atoms with Crippen molar-refractivity contribution in [1.29, 1.82) is 0 Å². The van der Waals surface area contributed by atoms with Gasteiger partial charge in [0.2, 0.25) is 0 Å². The molecule has 3 heteroatoms. The Labute approximate surface area is 104 Å². The van der Waals surface area contributed by atoms with Gasteiger partial charge >= 0.3 is 0 Å². The molecule has 0 atom stereocenters. The van der Waals surface area contributed by atoms with Crippen molar-refractivity contribution in [3.05, 3.63) is 70.0 Å². The molecule has 0 aliphatic carbocycles. The summed E-state index contributed by atoms with van der Waals surface area (Å²) in [5.74, 6) is -0.409. The maximum Gasteiger partial charge on any atom is 0.150 e. The molecule has 0 unspecified atom stereocenters. The van der Waals surface area contributed by atoms with Gasteiger partial charge in [-0.05, 0) is 23.6 Å². The highest BCUT2D eigenvalue weighted by molar-refractivity contribution is 6.31. The summed E-state index contributed by atoms with van der Waals surface area (Å²) in [5.41, 5.74) is 2.35. The minimum Gasteiger partial charge on any atom is -0.298 e. The van der Waals surface area contributed by atoms with Crippen LogP contribution < -0.4 is 0 Å². The minimum atomic E-state index is -0.409. The molecule has 0 heterocycles. The SMILES string of the molecule is O=Cc1ccc(Cc2cccc(F)c2Cl)cc1. The highest BCUT2D eigenvalue weighted by Crippen LogP contribution is 2.22. The Balaban J connectivity index is 2.25. The first-order chi connectivity index (χ1) is 8.20. The van der Waals surface area contributed by atoms with Crippen LogP contribution >= 0.6 is 11.6 Å². The van der Waals surface area contributed by atoms with Crippen LogP contribution in [0.3, 0.4) is 0 Å². The summed E-state index contributed by atoms with van der Waals surface area (Å²) in [6, 6.07) is 11.9. The van der Waals surface area contributed by atoms with E-state index in [2.05, 4.69) is 0 Å². The summed E-state index contributed by atoms with van der Waals surface area (Å²) in [5, 5.41) is 0.159. The molecule has 0 saturated carbocycles. The van der Waals surface area contributed by atoms with Crippen molar-refractivity contribution in [1.82, 2.24) is 0 Å². The topological polar surface area (TPSA) is 17.1 Å². The third kappa shape index (κ3) is 2.71. The molecule has 86 valence electrons. The van der Waals surface area contributed by atoms with Gasteiger partial charge in [-0.1, -0.05) is 48.0 Å². The zero-order valence-electron chi connectivity index (χ0n) is 8.99. The van der Waals surface area contributed by atoms with Gasteiger partial charge in [-0.25, -0.2) is 4.39 Å². The zero-order valence-corrected chi connectivity index (χ0v) is 9.75. The predicted molar refractivity (Wildman–Crippen MR) is 66.0 cm³/mol. The molecule has 2 rings (SSSR count). The fourth-order valence-electron chi connectivity index (χ4n) is 1.62. The number of rotatable bonds is 3. The number of hydrogen-bond donors (Lipinski definition) is 0. The largest absolute Gasteiger partial charge is 0.298 e. The van der Waals surface area contributed by atoms with Gasteiger partial charge in [0.1, 0.15) is 12.1 Å². The first kappa shape index (κ1) is 11.8. The van der Waals surface area contributed by atoms with Crippen molar-refractivity contribution in [2.45, 2.75) is 6.42 Å². The van der Waals surface area contributed by atoms with Crippen LogP contribution in [0.2, 0.25) is 5.02 Å². The maximum atomic E-state index is 13.2. The van der Waals surface area contributed by atoms with Crippen LogP contribution in [-0.4, -0.2) is 6.29 Å². The molecule has 17 heavy (non-hydrogen) atoms. The van der Waals surface area contributed by atoms with Crippen LogP contribution in [-0.2, 0) is 6.42 Å². The van der Waals surface area contributed by atoms with E-state index in [-0.39, 0.29) is 5.02 Å². The third-order valence-corrected chi connectivity index (χ3v) is 2.97. The van der Waals surface area contributed by atoms with E-state index in [9.17, 15) is 9.18 Å². The molecule has 0 aliphatic heterocycles. The lowest BCUT2D eigenvalue weighted by molar-refractivity contribution is 0.112. The molecule has 2 aromatic rings. The average molecular weight is 249 g/mol. The Morgan fingerprint density at radius 1 is 1.12 bits per heavy atom. The van der Waals surface area contributed by atoms with Gasteiger partial charge < -0.3 is 0 Å². The smallest absolute Gasteiger partial charge is 0.150 e. The number of carbonyl (C=O) groups is 1. The van der Waals surface area contributed by atoms with Crippen molar-refractivity contribution in [2.75, 3.05) is 0 Å². The van der Waals surface area contributed by atoms with Crippen molar-refractivity contribution >= 4 is 17.9 Å². The predicted octanol–water partition coefficient (Wildman–Crippen LogP) is 3.88. The van der Waals surface area contributed by atoms with Crippen LogP contribution in [0.15, 0.2) is 42.5 Å². The molecule has 0 radical (unpaired) electrons. The Kier molecular flexibility index (Phi) is 3.55. The minimum absolute atomic E-state index is 0.159. The van der Waals surface area contributed by atoms with Gasteiger partial charge in [0, 0.05) is 5.56 Å². The van der Waals surface area contributed by atoms with Crippen molar-refractivity contribution in [3.8, 4) is 0 Å². The van der Waals surface area contributed by atoms with Crippen LogP contribution in [0.1, 0.15) is 21.5 Å². The lowest BCUT2D eigenvalue weighted by atomic mass is 10.0. The first-order valence-electron chi connectivity index (χ1n) is 5.17. The third-order valence-electron chi connectivity index (χ3n) is 2.54. The van der Waals surface area contributed by atoms with Crippen molar-refractivity contribution in [2.24, 2.45) is 0 Å². The Morgan fingerprint density at radius 2 is 1.82 bits per heavy atom. The van der Waals surface area contributed by atoms with Crippen LogP contribution in [0.4, 0.5) is 4.39 Å². The number of hydrogen-bond acceptors (Lipinski definition) is 1. The summed E-state index contributed by atoms with van der Waals surface area (Å²) in [7, 11) is 0. The zero-order chi connectivity index (χ0) is 12.3. The summed E-state index contributed by atoms with van der Waals surface area (Å²) < 4.78 is 13.2. The van der Waals surface area contributed by atoms with E-state index >= 15 is 0 Å². The number of aldehydes is 1. The summed E-state index contributed by atoms with van der Waals surface area (Å²) in [6.45, 7) is 0. The lowest BCUT2D eigenvalue weighted by Gasteiger charge is -2.05. The summed E-state index contributed by atoms with van der Waals surface area (Å²) in [4.78, 5) is 10.5. The molecule has 0 bridgehead atoms. The lowest BCUT2D eigenvalue weighted by Crippen LogP contribution is -1.92. The molecule has 0 aromatic heterocycles. The van der Waals surface area contributed by atoms with Gasteiger partial charge in [-0.2, -0.15) is 0 Å². The molecule has 0 spiro atoms. The second-order valence-corrected chi connectivity index (χ2v) is 4.13. The van der Waals surface area contributed by atoms with Crippen molar-refractivity contribution in [3.63, 3.8) is 0 Å². The average Bonchev–Trinajstić information content (AvgIpc) is 2.36. The van der Waals surface area contributed by atoms with Crippen LogP contribution in [0, 0.1) is 5.82 Å². The molecule has 1 nitrogen and oxygen atoms in total. The molecular formula is C14H10ClFO. The molecule has 0 N–H and O–H groups in total. The van der Waals surface area contributed by atoms with Crippen molar-refractivity contribution < 1.29 is 9.18 Å². The second-order valence-electron chi connectivity index (χ2n) is 3.75. The molecule has 0 fully saturated rings. The van der Waals surface area contributed by atoms with Crippen LogP contribution in [0.5, 0.6) is 0 Å². The molecule has 2 aromatic carbocycles. The van der Waals surface area contributed by atoms with Crippen LogP contribution in [0.25, 0.3) is 0 Å². The first-order valence-corrected chi connectivity index (χ1v) is 5.55. The molecular weight excluding hydrogens is 239 g/mol. The standard InChI is InChI=1S/C14H10ClFO/c15-14-12(2-1-3-13(14)16)8-10-4-6-11(9-17)7-5-10/h1-7,9H,8H2. The van der Waals surface area contributed by atoms with E-state index in [4.69, 9.17) is 11.6 Å². The van der Waals surface area contributed by atoms with E-state index in [0.717, 1.165) is 17.4 Å². The highest BCUT2D eigenvalue weighted by Gasteiger charge is 2.06. The van der Waals surface area contributed by atoms with E-state index in [1.807, 2.05) is 12.1 Å².